The van der Waals surface area contributed by atoms with Crippen LogP contribution in [0.4, 0.5) is 0 Å². The van der Waals surface area contributed by atoms with E-state index in [1.54, 1.807) is 24.1 Å². The molecule has 0 aliphatic heterocycles. The Morgan fingerprint density at radius 2 is 2.35 bits per heavy atom. The van der Waals surface area contributed by atoms with Crippen molar-refractivity contribution in [2.45, 2.75) is 13.0 Å². The van der Waals surface area contributed by atoms with Crippen molar-refractivity contribution in [1.29, 1.82) is 0 Å². The van der Waals surface area contributed by atoms with Gasteiger partial charge in [-0.05, 0) is 19.1 Å². The molecule has 2 aromatic rings. The van der Waals surface area contributed by atoms with Gasteiger partial charge in [-0.15, -0.1) is 11.3 Å². The molecule has 1 atom stereocenters. The molecule has 1 N–H and O–H groups in total. The smallest absolute Gasteiger partial charge is 0.254 e. The van der Waals surface area contributed by atoms with Crippen molar-refractivity contribution in [3.63, 3.8) is 0 Å². The molecule has 2 heterocycles. The van der Waals surface area contributed by atoms with Crippen molar-refractivity contribution in [1.82, 2.24) is 15.1 Å². The third kappa shape index (κ3) is 2.87. The maximum atomic E-state index is 11.9. The highest BCUT2D eigenvalue weighted by atomic mass is 35.5. The van der Waals surface area contributed by atoms with Crippen molar-refractivity contribution in [3.8, 4) is 0 Å². The topological polar surface area (TPSA) is 46.9 Å². The van der Waals surface area contributed by atoms with E-state index in [1.807, 2.05) is 19.1 Å². The molecule has 2 rings (SSSR count). The second-order valence-corrected chi connectivity index (χ2v) is 5.49. The van der Waals surface area contributed by atoms with Crippen LogP contribution in [-0.4, -0.2) is 15.7 Å². The number of halogens is 1. The van der Waals surface area contributed by atoms with E-state index in [0.29, 0.717) is 5.56 Å². The first-order chi connectivity index (χ1) is 8.06. The van der Waals surface area contributed by atoms with Crippen molar-refractivity contribution >= 4 is 28.8 Å². The molecule has 0 fully saturated rings. The van der Waals surface area contributed by atoms with Crippen LogP contribution in [0.1, 0.15) is 28.2 Å². The fourth-order valence-electron chi connectivity index (χ4n) is 1.45. The lowest BCUT2D eigenvalue weighted by molar-refractivity contribution is 0.0940. The second kappa shape index (κ2) is 4.89. The molecule has 0 saturated carbocycles. The number of rotatable bonds is 3. The summed E-state index contributed by atoms with van der Waals surface area (Å²) in [5.41, 5.74) is 0.557. The van der Waals surface area contributed by atoms with Crippen molar-refractivity contribution in [3.05, 3.63) is 39.3 Å². The van der Waals surface area contributed by atoms with Crippen LogP contribution in [0, 0.1) is 0 Å². The number of hydrogen-bond acceptors (Lipinski definition) is 3. The Hall–Kier alpha value is -1.33. The molecule has 0 saturated heterocycles. The normalized spacial score (nSPS) is 12.4. The largest absolute Gasteiger partial charge is 0.345 e. The average Bonchev–Trinajstić information content (AvgIpc) is 2.87. The Morgan fingerprint density at radius 1 is 1.59 bits per heavy atom. The second-order valence-electron chi connectivity index (χ2n) is 3.74. The first-order valence-electron chi connectivity index (χ1n) is 5.11. The zero-order valence-corrected chi connectivity index (χ0v) is 11.0. The van der Waals surface area contributed by atoms with E-state index >= 15 is 0 Å². The van der Waals surface area contributed by atoms with E-state index in [1.165, 1.54) is 11.3 Å². The van der Waals surface area contributed by atoms with Crippen molar-refractivity contribution < 1.29 is 4.79 Å². The Kier molecular flexibility index (Phi) is 3.49. The van der Waals surface area contributed by atoms with Gasteiger partial charge in [0, 0.05) is 18.1 Å². The third-order valence-electron chi connectivity index (χ3n) is 2.34. The molecule has 0 spiro atoms. The Morgan fingerprint density at radius 3 is 2.88 bits per heavy atom. The molecule has 0 bridgehead atoms. The van der Waals surface area contributed by atoms with Gasteiger partial charge in [0.15, 0.2) is 0 Å². The average molecular weight is 270 g/mol. The standard InChI is InChI=1S/C11H12ClN3OS/c1-7(9-3-4-10(12)17-9)14-11(16)8-5-13-15(2)6-8/h3-7H,1-2H3,(H,14,16)/t7-/m0/s1. The fraction of sp³-hybridized carbons (Fsp3) is 0.273. The molecule has 1 amide bonds. The molecule has 0 unspecified atom stereocenters. The Balaban J connectivity index is 2.04. The molecule has 0 aliphatic rings. The summed E-state index contributed by atoms with van der Waals surface area (Å²) in [6, 6.07) is 3.69. The summed E-state index contributed by atoms with van der Waals surface area (Å²) in [7, 11) is 1.78. The van der Waals surface area contributed by atoms with Crippen LogP contribution in [-0.2, 0) is 7.05 Å². The Labute approximate surface area is 108 Å². The van der Waals surface area contributed by atoms with Gasteiger partial charge in [0.2, 0.25) is 0 Å². The first-order valence-corrected chi connectivity index (χ1v) is 6.30. The summed E-state index contributed by atoms with van der Waals surface area (Å²) in [6.07, 6.45) is 3.23. The summed E-state index contributed by atoms with van der Waals surface area (Å²) >= 11 is 7.32. The SMILES string of the molecule is C[C@H](NC(=O)c1cnn(C)c1)c1ccc(Cl)s1. The summed E-state index contributed by atoms with van der Waals surface area (Å²) in [4.78, 5) is 12.9. The number of aryl methyl sites for hydroxylation is 1. The van der Waals surface area contributed by atoms with Gasteiger partial charge >= 0.3 is 0 Å². The van der Waals surface area contributed by atoms with Crippen molar-refractivity contribution in [2.24, 2.45) is 7.05 Å². The van der Waals surface area contributed by atoms with Gasteiger partial charge in [-0.2, -0.15) is 5.10 Å². The van der Waals surface area contributed by atoms with Gasteiger partial charge in [-0.1, -0.05) is 11.6 Å². The molecule has 6 heteroatoms. The summed E-state index contributed by atoms with van der Waals surface area (Å²) < 4.78 is 2.32. The highest BCUT2D eigenvalue weighted by Gasteiger charge is 2.14. The number of nitrogens with one attached hydrogen (secondary N) is 1. The minimum atomic E-state index is -0.130. The fourth-order valence-corrected chi connectivity index (χ4v) is 2.51. The number of hydrogen-bond donors (Lipinski definition) is 1. The van der Waals surface area contributed by atoms with Crippen LogP contribution in [0.25, 0.3) is 0 Å². The van der Waals surface area contributed by atoms with Crippen LogP contribution in [0.15, 0.2) is 24.5 Å². The Bertz CT molecular complexity index is 534. The molecule has 2 aromatic heterocycles. The number of carbonyl (C=O) groups excluding carboxylic acids is 1. The van der Waals surface area contributed by atoms with Gasteiger partial charge < -0.3 is 5.32 Å². The maximum absolute atomic E-state index is 11.9. The van der Waals surface area contributed by atoms with Crippen LogP contribution in [0.3, 0.4) is 0 Å². The molecule has 90 valence electrons. The van der Waals surface area contributed by atoms with E-state index in [4.69, 9.17) is 11.6 Å². The van der Waals surface area contributed by atoms with Gasteiger partial charge in [-0.3, -0.25) is 9.48 Å². The molecular formula is C11H12ClN3OS. The van der Waals surface area contributed by atoms with Gasteiger partial charge in [0.25, 0.3) is 5.91 Å². The number of nitrogens with zero attached hydrogens (tertiary/aromatic N) is 2. The molecule has 4 nitrogen and oxygen atoms in total. The molecule has 0 radical (unpaired) electrons. The predicted octanol–water partition coefficient (Wildman–Crippen LogP) is 2.63. The summed E-state index contributed by atoms with van der Waals surface area (Å²) in [5.74, 6) is -0.130. The number of amides is 1. The highest BCUT2D eigenvalue weighted by Crippen LogP contribution is 2.26. The lowest BCUT2D eigenvalue weighted by Crippen LogP contribution is -2.25. The summed E-state index contributed by atoms with van der Waals surface area (Å²) in [6.45, 7) is 1.93. The summed E-state index contributed by atoms with van der Waals surface area (Å²) in [5, 5.41) is 6.86. The maximum Gasteiger partial charge on any atom is 0.254 e. The lowest BCUT2D eigenvalue weighted by Gasteiger charge is -2.10. The van der Waals surface area contributed by atoms with E-state index < -0.39 is 0 Å². The monoisotopic (exact) mass is 269 g/mol. The molecule has 0 aliphatic carbocycles. The van der Waals surface area contributed by atoms with Gasteiger partial charge in [0.1, 0.15) is 0 Å². The molecule has 0 aromatic carbocycles. The van der Waals surface area contributed by atoms with E-state index in [0.717, 1.165) is 9.21 Å². The molecule has 17 heavy (non-hydrogen) atoms. The van der Waals surface area contributed by atoms with Crippen LogP contribution in [0.2, 0.25) is 4.34 Å². The third-order valence-corrected chi connectivity index (χ3v) is 3.75. The molecular weight excluding hydrogens is 258 g/mol. The van der Waals surface area contributed by atoms with Crippen molar-refractivity contribution in [2.75, 3.05) is 0 Å². The van der Waals surface area contributed by atoms with E-state index in [2.05, 4.69) is 10.4 Å². The minimum Gasteiger partial charge on any atom is -0.345 e. The highest BCUT2D eigenvalue weighted by molar-refractivity contribution is 7.16. The van der Waals surface area contributed by atoms with E-state index in [-0.39, 0.29) is 11.9 Å². The zero-order valence-electron chi connectivity index (χ0n) is 9.48. The van der Waals surface area contributed by atoms with Crippen LogP contribution in [0.5, 0.6) is 0 Å². The van der Waals surface area contributed by atoms with Gasteiger partial charge in [-0.25, -0.2) is 0 Å². The van der Waals surface area contributed by atoms with Crippen LogP contribution < -0.4 is 5.32 Å². The number of aromatic nitrogens is 2. The first kappa shape index (κ1) is 12.1. The minimum absolute atomic E-state index is 0.0554. The number of carbonyl (C=O) groups is 1. The van der Waals surface area contributed by atoms with Crippen LogP contribution >= 0.6 is 22.9 Å². The predicted molar refractivity (Wildman–Crippen MR) is 68.4 cm³/mol. The number of thiophene rings is 1. The quantitative estimate of drug-likeness (QED) is 0.931. The van der Waals surface area contributed by atoms with E-state index in [9.17, 15) is 4.79 Å². The zero-order chi connectivity index (χ0) is 12.4. The van der Waals surface area contributed by atoms with Gasteiger partial charge in [0.05, 0.1) is 22.1 Å². The lowest BCUT2D eigenvalue weighted by atomic mass is 10.2.